The SMILES string of the molecule is COc1ccc(OC)c([C@H]2C3=C(Nc4ncnn42)c2ccccc2O[C@@H]3c2ccc(F)cc2)c1. The monoisotopic (exact) mass is 456 g/mol. The van der Waals surface area contributed by atoms with Crippen molar-refractivity contribution in [1.82, 2.24) is 14.8 Å². The van der Waals surface area contributed by atoms with Crippen molar-refractivity contribution >= 4 is 11.6 Å². The molecule has 0 saturated heterocycles. The lowest BCUT2D eigenvalue weighted by Gasteiger charge is -2.39. The van der Waals surface area contributed by atoms with Crippen molar-refractivity contribution in [2.75, 3.05) is 19.5 Å². The molecule has 2 aliphatic rings. The van der Waals surface area contributed by atoms with Crippen LogP contribution in [-0.4, -0.2) is 29.0 Å². The average Bonchev–Trinajstić information content (AvgIpc) is 3.35. The van der Waals surface area contributed by atoms with Gasteiger partial charge in [0.05, 0.1) is 19.9 Å². The first-order valence-electron chi connectivity index (χ1n) is 10.8. The van der Waals surface area contributed by atoms with Crippen molar-refractivity contribution in [3.63, 3.8) is 0 Å². The predicted molar refractivity (Wildman–Crippen MR) is 124 cm³/mol. The quantitative estimate of drug-likeness (QED) is 0.466. The number of methoxy groups -OCH3 is 2. The van der Waals surface area contributed by atoms with Gasteiger partial charge in [-0.1, -0.05) is 24.3 Å². The molecule has 6 rings (SSSR count). The lowest BCUT2D eigenvalue weighted by atomic mass is 9.84. The number of ether oxygens (including phenoxy) is 3. The van der Waals surface area contributed by atoms with Crippen LogP contribution in [0.15, 0.2) is 78.6 Å². The van der Waals surface area contributed by atoms with Crippen molar-refractivity contribution in [3.8, 4) is 17.2 Å². The van der Waals surface area contributed by atoms with E-state index in [9.17, 15) is 4.39 Å². The molecule has 0 radical (unpaired) electrons. The van der Waals surface area contributed by atoms with Crippen molar-refractivity contribution < 1.29 is 18.6 Å². The van der Waals surface area contributed by atoms with Gasteiger partial charge < -0.3 is 19.5 Å². The highest BCUT2D eigenvalue weighted by atomic mass is 19.1. The van der Waals surface area contributed by atoms with E-state index in [1.807, 2.05) is 47.1 Å². The molecular weight excluding hydrogens is 435 g/mol. The number of nitrogens with zero attached hydrogens (tertiary/aromatic N) is 3. The van der Waals surface area contributed by atoms with Crippen molar-refractivity contribution in [2.24, 2.45) is 0 Å². The smallest absolute Gasteiger partial charge is 0.226 e. The van der Waals surface area contributed by atoms with Gasteiger partial charge in [0, 0.05) is 16.7 Å². The van der Waals surface area contributed by atoms with Gasteiger partial charge in [-0.3, -0.25) is 0 Å². The minimum absolute atomic E-state index is 0.305. The third kappa shape index (κ3) is 3.10. The molecule has 0 bridgehead atoms. The molecule has 7 nitrogen and oxygen atoms in total. The maximum Gasteiger partial charge on any atom is 0.226 e. The molecule has 0 saturated carbocycles. The van der Waals surface area contributed by atoms with Crippen LogP contribution >= 0.6 is 0 Å². The molecule has 1 aromatic heterocycles. The zero-order chi connectivity index (χ0) is 23.2. The van der Waals surface area contributed by atoms with Gasteiger partial charge in [0.1, 0.15) is 41.5 Å². The molecule has 2 aliphatic heterocycles. The summed E-state index contributed by atoms with van der Waals surface area (Å²) in [6.45, 7) is 0. The van der Waals surface area contributed by atoms with Crippen LogP contribution in [0.25, 0.3) is 5.70 Å². The molecule has 2 atom stereocenters. The van der Waals surface area contributed by atoms with Gasteiger partial charge in [0.2, 0.25) is 5.95 Å². The van der Waals surface area contributed by atoms with E-state index in [2.05, 4.69) is 15.4 Å². The lowest BCUT2D eigenvalue weighted by Crippen LogP contribution is -2.32. The number of para-hydroxylation sites is 1. The van der Waals surface area contributed by atoms with Crippen molar-refractivity contribution in [2.45, 2.75) is 12.1 Å². The zero-order valence-electron chi connectivity index (χ0n) is 18.5. The average molecular weight is 456 g/mol. The van der Waals surface area contributed by atoms with E-state index in [0.717, 1.165) is 33.7 Å². The lowest BCUT2D eigenvalue weighted by molar-refractivity contribution is 0.222. The van der Waals surface area contributed by atoms with E-state index in [1.54, 1.807) is 26.4 Å². The number of benzene rings is 3. The van der Waals surface area contributed by atoms with Gasteiger partial charge in [0.25, 0.3) is 0 Å². The fraction of sp³-hybridized carbons (Fsp3) is 0.154. The molecule has 0 fully saturated rings. The minimum Gasteiger partial charge on any atom is -0.497 e. The maximum atomic E-state index is 13.8. The third-order valence-electron chi connectivity index (χ3n) is 6.23. The van der Waals surface area contributed by atoms with Gasteiger partial charge in [0.15, 0.2) is 0 Å². The van der Waals surface area contributed by atoms with E-state index < -0.39 is 12.1 Å². The molecule has 34 heavy (non-hydrogen) atoms. The highest BCUT2D eigenvalue weighted by Crippen LogP contribution is 2.52. The van der Waals surface area contributed by atoms with Crippen LogP contribution in [0.1, 0.15) is 28.8 Å². The Balaban J connectivity index is 1.65. The number of hydrogen-bond acceptors (Lipinski definition) is 6. The number of fused-ring (bicyclic) bond motifs is 3. The first-order valence-corrected chi connectivity index (χ1v) is 10.8. The Morgan fingerprint density at radius 2 is 1.82 bits per heavy atom. The second-order valence-electron chi connectivity index (χ2n) is 8.04. The van der Waals surface area contributed by atoms with Crippen LogP contribution in [0.2, 0.25) is 0 Å². The Kier molecular flexibility index (Phi) is 4.72. The molecule has 8 heteroatoms. The summed E-state index contributed by atoms with van der Waals surface area (Å²) >= 11 is 0. The second-order valence-corrected chi connectivity index (χ2v) is 8.04. The number of nitrogens with one attached hydrogen (secondary N) is 1. The third-order valence-corrected chi connectivity index (χ3v) is 6.23. The normalized spacial score (nSPS) is 18.2. The first-order chi connectivity index (χ1) is 16.7. The Morgan fingerprint density at radius 3 is 2.62 bits per heavy atom. The second kappa shape index (κ2) is 7.91. The number of aromatic nitrogens is 3. The molecule has 1 N–H and O–H groups in total. The number of anilines is 1. The standard InChI is InChI=1S/C26H21FN4O3/c1-32-17-11-12-20(33-2)19(13-17)24-22-23(30-26-28-14-29-31(24)26)18-5-3-4-6-21(18)34-25(22)15-7-9-16(27)10-8-15/h3-14,24-25H,1-2H3,(H,28,29,30)/t24-,25+/m0/s1. The first kappa shape index (κ1) is 20.3. The molecule has 0 spiro atoms. The van der Waals surface area contributed by atoms with Crippen LogP contribution < -0.4 is 19.5 Å². The van der Waals surface area contributed by atoms with Gasteiger partial charge in [-0.05, 0) is 48.0 Å². The Morgan fingerprint density at radius 1 is 1.00 bits per heavy atom. The van der Waals surface area contributed by atoms with Gasteiger partial charge in [-0.15, -0.1) is 0 Å². The van der Waals surface area contributed by atoms with Crippen LogP contribution in [0.4, 0.5) is 10.3 Å². The van der Waals surface area contributed by atoms with Crippen LogP contribution in [-0.2, 0) is 0 Å². The van der Waals surface area contributed by atoms with Crippen LogP contribution in [0.5, 0.6) is 17.2 Å². The van der Waals surface area contributed by atoms with E-state index >= 15 is 0 Å². The molecular formula is C26H21FN4O3. The summed E-state index contributed by atoms with van der Waals surface area (Å²) in [5.41, 5.74) is 4.37. The van der Waals surface area contributed by atoms with Gasteiger partial charge in [-0.2, -0.15) is 10.1 Å². The molecule has 0 amide bonds. The zero-order valence-corrected chi connectivity index (χ0v) is 18.5. The van der Waals surface area contributed by atoms with Gasteiger partial charge in [-0.25, -0.2) is 9.07 Å². The summed E-state index contributed by atoms with van der Waals surface area (Å²) in [7, 11) is 3.26. The van der Waals surface area contributed by atoms with E-state index in [4.69, 9.17) is 14.2 Å². The fourth-order valence-electron chi connectivity index (χ4n) is 4.68. The van der Waals surface area contributed by atoms with Crippen LogP contribution in [0, 0.1) is 5.82 Å². The largest absolute Gasteiger partial charge is 0.497 e. The number of halogens is 1. The molecule has 4 aromatic rings. The molecule has 3 aromatic carbocycles. The molecule has 3 heterocycles. The highest BCUT2D eigenvalue weighted by molar-refractivity contribution is 5.85. The number of hydrogen-bond donors (Lipinski definition) is 1. The van der Waals surface area contributed by atoms with E-state index in [1.165, 1.54) is 18.5 Å². The highest BCUT2D eigenvalue weighted by Gasteiger charge is 2.42. The van der Waals surface area contributed by atoms with Crippen molar-refractivity contribution in [1.29, 1.82) is 0 Å². The Bertz CT molecular complexity index is 1410. The predicted octanol–water partition coefficient (Wildman–Crippen LogP) is 4.99. The summed E-state index contributed by atoms with van der Waals surface area (Å²) in [6, 6.07) is 19.5. The van der Waals surface area contributed by atoms with Crippen LogP contribution in [0.3, 0.4) is 0 Å². The molecule has 0 unspecified atom stereocenters. The topological polar surface area (TPSA) is 70.4 Å². The summed E-state index contributed by atoms with van der Waals surface area (Å²) in [4.78, 5) is 4.45. The van der Waals surface area contributed by atoms with E-state index in [-0.39, 0.29) is 5.82 Å². The van der Waals surface area contributed by atoms with E-state index in [0.29, 0.717) is 17.4 Å². The minimum atomic E-state index is -0.503. The summed E-state index contributed by atoms with van der Waals surface area (Å²) in [6.07, 6.45) is 1.01. The van der Waals surface area contributed by atoms with Gasteiger partial charge >= 0.3 is 0 Å². The molecule has 170 valence electrons. The summed E-state index contributed by atoms with van der Waals surface area (Å²) < 4.78 is 33.4. The fourth-order valence-corrected chi connectivity index (χ4v) is 4.68. The maximum absolute atomic E-state index is 13.8. The Labute approximate surface area is 195 Å². The summed E-state index contributed by atoms with van der Waals surface area (Å²) in [5, 5.41) is 7.99. The number of rotatable bonds is 4. The summed E-state index contributed by atoms with van der Waals surface area (Å²) in [5.74, 6) is 2.39. The molecule has 0 aliphatic carbocycles. The van der Waals surface area contributed by atoms with Crippen molar-refractivity contribution in [3.05, 3.63) is 101 Å². The Hall–Kier alpha value is -4.33.